The van der Waals surface area contributed by atoms with Gasteiger partial charge in [-0.05, 0) is 38.9 Å². The summed E-state index contributed by atoms with van der Waals surface area (Å²) < 4.78 is 0. The molecule has 1 saturated heterocycles. The summed E-state index contributed by atoms with van der Waals surface area (Å²) in [6.45, 7) is 2.94. The zero-order valence-corrected chi connectivity index (χ0v) is 11.5. The second kappa shape index (κ2) is 6.47. The highest BCUT2D eigenvalue weighted by Crippen LogP contribution is 2.14. The van der Waals surface area contributed by atoms with Gasteiger partial charge in [-0.25, -0.2) is 9.97 Å². The van der Waals surface area contributed by atoms with E-state index in [-0.39, 0.29) is 5.91 Å². The summed E-state index contributed by atoms with van der Waals surface area (Å²) in [4.78, 5) is 22.4. The summed E-state index contributed by atoms with van der Waals surface area (Å²) in [7, 11) is 3.90. The smallest absolute Gasteiger partial charge is 0.271 e. The molecule has 1 aromatic rings. The van der Waals surface area contributed by atoms with Crippen molar-refractivity contribution in [2.75, 3.05) is 39.0 Å². The number of piperidine rings is 1. The Morgan fingerprint density at radius 2 is 2.11 bits per heavy atom. The van der Waals surface area contributed by atoms with Crippen molar-refractivity contribution < 1.29 is 4.79 Å². The molecule has 6 heteroatoms. The minimum atomic E-state index is -0.144. The fraction of sp³-hybridized carbons (Fsp3) is 0.615. The third kappa shape index (κ3) is 3.89. The van der Waals surface area contributed by atoms with Crippen molar-refractivity contribution in [2.45, 2.75) is 12.8 Å². The number of hydrogen-bond acceptors (Lipinski definition) is 5. The van der Waals surface area contributed by atoms with Crippen LogP contribution >= 0.6 is 0 Å². The maximum absolute atomic E-state index is 11.9. The van der Waals surface area contributed by atoms with E-state index in [4.69, 9.17) is 0 Å². The van der Waals surface area contributed by atoms with Gasteiger partial charge in [0.1, 0.15) is 11.5 Å². The lowest BCUT2D eigenvalue weighted by Crippen LogP contribution is -2.37. The summed E-state index contributed by atoms with van der Waals surface area (Å²) in [5.41, 5.74) is 0.368. The predicted octanol–water partition coefficient (Wildman–Crippen LogP) is 0.590. The molecule has 0 aliphatic carbocycles. The first kappa shape index (κ1) is 13.7. The topological polar surface area (TPSA) is 70.2 Å². The van der Waals surface area contributed by atoms with Crippen LogP contribution in [0.25, 0.3) is 0 Å². The lowest BCUT2D eigenvalue weighted by Gasteiger charge is -2.28. The van der Waals surface area contributed by atoms with Gasteiger partial charge in [-0.2, -0.15) is 0 Å². The van der Waals surface area contributed by atoms with Gasteiger partial charge >= 0.3 is 0 Å². The van der Waals surface area contributed by atoms with Crippen molar-refractivity contribution in [2.24, 2.45) is 5.92 Å². The van der Waals surface area contributed by atoms with Gasteiger partial charge in [0.05, 0.1) is 12.4 Å². The molecule has 0 saturated carbocycles. The zero-order valence-electron chi connectivity index (χ0n) is 11.5. The number of carbonyl (C=O) groups excluding carboxylic acids is 1. The number of carbonyl (C=O) groups is 1. The first-order valence-electron chi connectivity index (χ1n) is 6.65. The lowest BCUT2D eigenvalue weighted by molar-refractivity contribution is 0.0933. The molecule has 6 nitrogen and oxygen atoms in total. The van der Waals surface area contributed by atoms with Crippen LogP contribution in [-0.4, -0.2) is 54.5 Å². The number of rotatable bonds is 4. The van der Waals surface area contributed by atoms with E-state index in [0.717, 1.165) is 32.5 Å². The Kier molecular flexibility index (Phi) is 4.68. The van der Waals surface area contributed by atoms with Crippen molar-refractivity contribution in [3.8, 4) is 0 Å². The molecule has 104 valence electrons. The monoisotopic (exact) mass is 263 g/mol. The van der Waals surface area contributed by atoms with E-state index < -0.39 is 0 Å². The first-order valence-corrected chi connectivity index (χ1v) is 6.65. The summed E-state index contributed by atoms with van der Waals surface area (Å²) in [6, 6.07) is 0. The Morgan fingerprint density at radius 3 is 2.68 bits per heavy atom. The molecular weight excluding hydrogens is 242 g/mol. The number of nitrogens with zero attached hydrogens (tertiary/aromatic N) is 3. The van der Waals surface area contributed by atoms with Crippen molar-refractivity contribution in [3.05, 3.63) is 18.1 Å². The molecule has 0 bridgehead atoms. The van der Waals surface area contributed by atoms with E-state index in [2.05, 4.69) is 32.5 Å². The number of likely N-dealkylation sites (tertiary alicyclic amines) is 1. The van der Waals surface area contributed by atoms with Crippen LogP contribution in [-0.2, 0) is 0 Å². The molecule has 1 aliphatic rings. The Hall–Kier alpha value is -1.69. The van der Waals surface area contributed by atoms with E-state index in [9.17, 15) is 4.79 Å². The van der Waals surface area contributed by atoms with Crippen molar-refractivity contribution >= 4 is 11.7 Å². The fourth-order valence-corrected chi connectivity index (χ4v) is 2.17. The van der Waals surface area contributed by atoms with Gasteiger partial charge in [0.2, 0.25) is 0 Å². The summed E-state index contributed by atoms with van der Waals surface area (Å²) in [6.07, 6.45) is 5.34. The highest BCUT2D eigenvalue weighted by Gasteiger charge is 2.17. The van der Waals surface area contributed by atoms with Crippen LogP contribution in [0.3, 0.4) is 0 Å². The normalized spacial score (nSPS) is 17.2. The van der Waals surface area contributed by atoms with Gasteiger partial charge in [0, 0.05) is 13.6 Å². The molecule has 2 N–H and O–H groups in total. The van der Waals surface area contributed by atoms with Crippen LogP contribution < -0.4 is 10.6 Å². The molecule has 0 spiro atoms. The van der Waals surface area contributed by atoms with Crippen LogP contribution in [0.5, 0.6) is 0 Å². The highest BCUT2D eigenvalue weighted by atomic mass is 16.1. The molecule has 1 amide bonds. The summed E-state index contributed by atoms with van der Waals surface area (Å²) >= 11 is 0. The molecule has 19 heavy (non-hydrogen) atoms. The zero-order chi connectivity index (χ0) is 13.7. The quantitative estimate of drug-likeness (QED) is 0.832. The number of anilines is 1. The second-order valence-electron chi connectivity index (χ2n) is 4.99. The summed E-state index contributed by atoms with van der Waals surface area (Å²) in [5.74, 6) is 1.09. The van der Waals surface area contributed by atoms with E-state index in [0.29, 0.717) is 17.4 Å². The number of nitrogens with one attached hydrogen (secondary N) is 2. The van der Waals surface area contributed by atoms with Crippen LogP contribution in [0.1, 0.15) is 23.3 Å². The molecule has 1 aliphatic heterocycles. The van der Waals surface area contributed by atoms with Gasteiger partial charge in [0.25, 0.3) is 5.91 Å². The number of amides is 1. The van der Waals surface area contributed by atoms with Gasteiger partial charge in [-0.1, -0.05) is 0 Å². The molecule has 2 rings (SSSR count). The van der Waals surface area contributed by atoms with Gasteiger partial charge < -0.3 is 15.5 Å². The highest BCUT2D eigenvalue weighted by molar-refractivity contribution is 5.91. The Balaban J connectivity index is 1.80. The first-order chi connectivity index (χ1) is 9.19. The van der Waals surface area contributed by atoms with Gasteiger partial charge in [-0.15, -0.1) is 0 Å². The van der Waals surface area contributed by atoms with E-state index >= 15 is 0 Å². The average Bonchev–Trinajstić information content (AvgIpc) is 2.46. The molecule has 2 heterocycles. The van der Waals surface area contributed by atoms with Crippen LogP contribution in [0.4, 0.5) is 5.82 Å². The predicted molar refractivity (Wildman–Crippen MR) is 74.1 cm³/mol. The molecule has 1 fully saturated rings. The van der Waals surface area contributed by atoms with E-state index in [1.54, 1.807) is 13.2 Å². The third-order valence-corrected chi connectivity index (χ3v) is 3.53. The largest absolute Gasteiger partial charge is 0.372 e. The van der Waals surface area contributed by atoms with Crippen LogP contribution in [0.2, 0.25) is 0 Å². The lowest BCUT2D eigenvalue weighted by atomic mass is 9.97. The Bertz CT molecular complexity index is 412. The standard InChI is InChI=1S/C13H21N5O/c1-14-12-9-15-11(8-16-12)13(19)17-7-10-3-5-18(2)6-4-10/h8-10H,3-7H2,1-2H3,(H,14,16)(H,17,19). The second-order valence-corrected chi connectivity index (χ2v) is 4.99. The molecule has 0 unspecified atom stereocenters. The molecule has 0 atom stereocenters. The average molecular weight is 263 g/mol. The van der Waals surface area contributed by atoms with Crippen LogP contribution in [0.15, 0.2) is 12.4 Å². The maximum atomic E-state index is 11.9. The van der Waals surface area contributed by atoms with Gasteiger partial charge in [0.15, 0.2) is 0 Å². The van der Waals surface area contributed by atoms with Crippen LogP contribution in [0, 0.1) is 5.92 Å². The van der Waals surface area contributed by atoms with Crippen molar-refractivity contribution in [3.63, 3.8) is 0 Å². The SMILES string of the molecule is CNc1cnc(C(=O)NCC2CCN(C)CC2)cn1. The van der Waals surface area contributed by atoms with Crippen molar-refractivity contribution in [1.82, 2.24) is 20.2 Å². The number of aromatic nitrogens is 2. The summed E-state index contributed by atoms with van der Waals surface area (Å²) in [5, 5.41) is 5.81. The minimum Gasteiger partial charge on any atom is -0.372 e. The minimum absolute atomic E-state index is 0.144. The molecule has 1 aromatic heterocycles. The van der Waals surface area contributed by atoms with E-state index in [1.165, 1.54) is 6.20 Å². The number of hydrogen-bond donors (Lipinski definition) is 2. The third-order valence-electron chi connectivity index (χ3n) is 3.53. The van der Waals surface area contributed by atoms with Gasteiger partial charge in [-0.3, -0.25) is 4.79 Å². The van der Waals surface area contributed by atoms with Crippen molar-refractivity contribution in [1.29, 1.82) is 0 Å². The molecule has 0 radical (unpaired) electrons. The fourth-order valence-electron chi connectivity index (χ4n) is 2.17. The molecule has 0 aromatic carbocycles. The maximum Gasteiger partial charge on any atom is 0.271 e. The molecular formula is C13H21N5O. The Labute approximate surface area is 113 Å². The Morgan fingerprint density at radius 1 is 1.37 bits per heavy atom. The van der Waals surface area contributed by atoms with E-state index in [1.807, 2.05) is 0 Å².